The van der Waals surface area contributed by atoms with Gasteiger partial charge in [0.1, 0.15) is 0 Å². The van der Waals surface area contributed by atoms with E-state index < -0.39 is 0 Å². The lowest BCUT2D eigenvalue weighted by Crippen LogP contribution is -2.65. The van der Waals surface area contributed by atoms with Crippen molar-refractivity contribution in [1.82, 2.24) is 10.2 Å². The van der Waals surface area contributed by atoms with Crippen LogP contribution in [-0.4, -0.2) is 36.1 Å². The molecule has 2 heteroatoms. The normalized spacial score (nSPS) is 15.0. The maximum absolute atomic E-state index is 3.86. The molecule has 0 aromatic heterocycles. The average molecular weight is 271 g/mol. The van der Waals surface area contributed by atoms with E-state index in [-0.39, 0.29) is 11.0 Å². The van der Waals surface area contributed by atoms with Crippen molar-refractivity contribution in [3.63, 3.8) is 0 Å². The minimum Gasteiger partial charge on any atom is -0.312 e. The van der Waals surface area contributed by atoms with Crippen LogP contribution in [0.3, 0.4) is 0 Å². The number of nitrogens with zero attached hydrogens (tertiary/aromatic N) is 1. The Hall–Kier alpha value is -0.0800. The predicted octanol–water partition coefficient (Wildman–Crippen LogP) is 4.30. The summed E-state index contributed by atoms with van der Waals surface area (Å²) in [6.45, 7) is 22.1. The summed E-state index contributed by atoms with van der Waals surface area (Å²) in [6, 6.07) is 0.537. The zero-order valence-corrected chi connectivity index (χ0v) is 14.8. The number of likely N-dealkylation sites (N-methyl/N-ethyl adjacent to an activating group) is 1. The Morgan fingerprint density at radius 2 is 1.37 bits per heavy atom. The van der Waals surface area contributed by atoms with Crippen molar-refractivity contribution in [1.29, 1.82) is 0 Å². The SMILES string of the molecule is CCCNC(C(C)(C)C)C(CC)(CC)N(CC)CC. The van der Waals surface area contributed by atoms with E-state index in [2.05, 4.69) is 65.6 Å². The number of hydrogen-bond donors (Lipinski definition) is 1. The summed E-state index contributed by atoms with van der Waals surface area (Å²) in [4.78, 5) is 2.67. The second-order valence-electron chi connectivity index (χ2n) is 6.74. The molecule has 19 heavy (non-hydrogen) atoms. The van der Waals surface area contributed by atoms with E-state index in [1.807, 2.05) is 0 Å². The first kappa shape index (κ1) is 18.9. The van der Waals surface area contributed by atoms with Gasteiger partial charge in [-0.15, -0.1) is 0 Å². The highest BCUT2D eigenvalue weighted by Gasteiger charge is 2.44. The third-order valence-corrected chi connectivity index (χ3v) is 4.62. The molecule has 0 bridgehead atoms. The lowest BCUT2D eigenvalue weighted by Gasteiger charge is -2.53. The minimum atomic E-state index is 0.275. The van der Waals surface area contributed by atoms with Gasteiger partial charge in [0.15, 0.2) is 0 Å². The third-order valence-electron chi connectivity index (χ3n) is 4.62. The lowest BCUT2D eigenvalue weighted by molar-refractivity contribution is 0.00737. The molecule has 1 unspecified atom stereocenters. The van der Waals surface area contributed by atoms with Crippen LogP contribution in [0, 0.1) is 5.41 Å². The molecule has 2 nitrogen and oxygen atoms in total. The molecule has 0 amide bonds. The molecule has 0 aliphatic heterocycles. The van der Waals surface area contributed by atoms with E-state index in [0.717, 1.165) is 19.6 Å². The topological polar surface area (TPSA) is 15.3 Å². The first-order chi connectivity index (χ1) is 8.83. The lowest BCUT2D eigenvalue weighted by atomic mass is 9.70. The van der Waals surface area contributed by atoms with E-state index in [1.165, 1.54) is 19.3 Å². The van der Waals surface area contributed by atoms with E-state index in [9.17, 15) is 0 Å². The van der Waals surface area contributed by atoms with Gasteiger partial charge < -0.3 is 5.32 Å². The fourth-order valence-corrected chi connectivity index (χ4v) is 3.73. The predicted molar refractivity (Wildman–Crippen MR) is 87.8 cm³/mol. The molecule has 0 aromatic rings. The second kappa shape index (κ2) is 8.26. The van der Waals surface area contributed by atoms with Crippen molar-refractivity contribution in [2.24, 2.45) is 5.41 Å². The summed E-state index contributed by atoms with van der Waals surface area (Å²) in [5, 5.41) is 3.86. The Morgan fingerprint density at radius 1 is 0.895 bits per heavy atom. The van der Waals surface area contributed by atoms with Crippen molar-refractivity contribution in [2.45, 2.75) is 86.2 Å². The van der Waals surface area contributed by atoms with Gasteiger partial charge in [0, 0.05) is 11.6 Å². The Kier molecular flexibility index (Phi) is 8.23. The van der Waals surface area contributed by atoms with Crippen molar-refractivity contribution in [3.05, 3.63) is 0 Å². The molecule has 0 saturated carbocycles. The highest BCUT2D eigenvalue weighted by Crippen LogP contribution is 2.37. The van der Waals surface area contributed by atoms with Crippen LogP contribution in [0.4, 0.5) is 0 Å². The molecule has 0 rings (SSSR count). The van der Waals surface area contributed by atoms with Crippen molar-refractivity contribution in [3.8, 4) is 0 Å². The van der Waals surface area contributed by atoms with Gasteiger partial charge in [-0.3, -0.25) is 4.90 Å². The zero-order valence-electron chi connectivity index (χ0n) is 14.8. The summed E-state index contributed by atoms with van der Waals surface area (Å²) in [5.74, 6) is 0. The van der Waals surface area contributed by atoms with Crippen LogP contribution in [0.15, 0.2) is 0 Å². The molecular formula is C17H38N2. The number of rotatable bonds is 9. The quantitative estimate of drug-likeness (QED) is 0.672. The summed E-state index contributed by atoms with van der Waals surface area (Å²) in [7, 11) is 0. The van der Waals surface area contributed by atoms with Crippen LogP contribution in [0.1, 0.15) is 74.7 Å². The molecular weight excluding hydrogens is 232 g/mol. The van der Waals surface area contributed by atoms with Crippen molar-refractivity contribution < 1.29 is 0 Å². The van der Waals surface area contributed by atoms with Crippen LogP contribution >= 0.6 is 0 Å². The van der Waals surface area contributed by atoms with E-state index >= 15 is 0 Å². The maximum Gasteiger partial charge on any atom is 0.0362 e. The molecule has 0 spiro atoms. The first-order valence-electron chi connectivity index (χ1n) is 8.32. The van der Waals surface area contributed by atoms with E-state index in [1.54, 1.807) is 0 Å². The van der Waals surface area contributed by atoms with Gasteiger partial charge in [-0.05, 0) is 44.3 Å². The maximum atomic E-state index is 3.86. The van der Waals surface area contributed by atoms with E-state index in [0.29, 0.717) is 6.04 Å². The van der Waals surface area contributed by atoms with Gasteiger partial charge in [0.2, 0.25) is 0 Å². The zero-order chi connectivity index (χ0) is 15.1. The largest absolute Gasteiger partial charge is 0.312 e. The summed E-state index contributed by atoms with van der Waals surface area (Å²) >= 11 is 0. The smallest absolute Gasteiger partial charge is 0.0362 e. The Morgan fingerprint density at radius 3 is 1.63 bits per heavy atom. The molecule has 0 aliphatic rings. The molecule has 1 atom stereocenters. The third kappa shape index (κ3) is 4.46. The molecule has 1 N–H and O–H groups in total. The van der Waals surface area contributed by atoms with Gasteiger partial charge in [0.05, 0.1) is 0 Å². The van der Waals surface area contributed by atoms with Gasteiger partial charge in [-0.2, -0.15) is 0 Å². The fraction of sp³-hybridized carbons (Fsp3) is 1.00. The van der Waals surface area contributed by atoms with E-state index in [4.69, 9.17) is 0 Å². The first-order valence-corrected chi connectivity index (χ1v) is 8.32. The second-order valence-corrected chi connectivity index (χ2v) is 6.74. The van der Waals surface area contributed by atoms with Gasteiger partial charge >= 0.3 is 0 Å². The summed E-state index contributed by atoms with van der Waals surface area (Å²) in [5.41, 5.74) is 0.556. The Bertz CT molecular complexity index is 222. The molecule has 0 heterocycles. The average Bonchev–Trinajstić information content (AvgIpc) is 2.36. The molecule has 0 saturated heterocycles. The monoisotopic (exact) mass is 270 g/mol. The molecule has 116 valence electrons. The van der Waals surface area contributed by atoms with Crippen molar-refractivity contribution in [2.75, 3.05) is 19.6 Å². The van der Waals surface area contributed by atoms with Crippen LogP contribution in [0.25, 0.3) is 0 Å². The summed E-state index contributed by atoms with van der Waals surface area (Å²) in [6.07, 6.45) is 3.63. The highest BCUT2D eigenvalue weighted by atomic mass is 15.2. The number of hydrogen-bond acceptors (Lipinski definition) is 2. The Balaban J connectivity index is 5.47. The molecule has 0 aromatic carbocycles. The number of nitrogens with one attached hydrogen (secondary N) is 1. The van der Waals surface area contributed by atoms with Gasteiger partial charge in [-0.25, -0.2) is 0 Å². The van der Waals surface area contributed by atoms with Crippen LogP contribution in [-0.2, 0) is 0 Å². The van der Waals surface area contributed by atoms with Crippen LogP contribution < -0.4 is 5.32 Å². The molecule has 0 fully saturated rings. The van der Waals surface area contributed by atoms with Crippen LogP contribution in [0.5, 0.6) is 0 Å². The Labute approximate surface area is 122 Å². The van der Waals surface area contributed by atoms with Gasteiger partial charge in [-0.1, -0.05) is 55.4 Å². The van der Waals surface area contributed by atoms with Crippen molar-refractivity contribution >= 4 is 0 Å². The van der Waals surface area contributed by atoms with Gasteiger partial charge in [0.25, 0.3) is 0 Å². The standard InChI is InChI=1S/C17H38N2/c1-9-14-18-15(16(6,7)8)17(10-2,11-3)19(12-4)13-5/h15,18H,9-14H2,1-8H3. The molecule has 0 radical (unpaired) electrons. The van der Waals surface area contributed by atoms with Crippen LogP contribution in [0.2, 0.25) is 0 Å². The highest BCUT2D eigenvalue weighted by molar-refractivity contribution is 5.03. The molecule has 0 aliphatic carbocycles. The fourth-order valence-electron chi connectivity index (χ4n) is 3.73. The minimum absolute atomic E-state index is 0.275. The summed E-state index contributed by atoms with van der Waals surface area (Å²) < 4.78 is 0.